The molecule has 0 aliphatic carbocycles. The molecule has 0 fully saturated rings. The lowest BCUT2D eigenvalue weighted by Gasteiger charge is -2.07. The van der Waals surface area contributed by atoms with Gasteiger partial charge in [0.25, 0.3) is 10.0 Å². The van der Waals surface area contributed by atoms with Crippen molar-refractivity contribution in [2.24, 2.45) is 0 Å². The summed E-state index contributed by atoms with van der Waals surface area (Å²) in [5.41, 5.74) is 0.224. The van der Waals surface area contributed by atoms with Crippen molar-refractivity contribution in [1.82, 2.24) is 4.98 Å². The molecule has 2 aromatic rings. The van der Waals surface area contributed by atoms with Crippen LogP contribution in [-0.2, 0) is 10.0 Å². The summed E-state index contributed by atoms with van der Waals surface area (Å²) >= 11 is 12.3. The number of thiazole rings is 1. The number of aromatic nitrogens is 1. The number of sulfonamides is 1. The summed E-state index contributed by atoms with van der Waals surface area (Å²) in [7, 11) is -4.01. The zero-order chi connectivity index (χ0) is 15.8. The molecule has 2 rings (SSSR count). The van der Waals surface area contributed by atoms with E-state index in [2.05, 4.69) is 9.71 Å². The van der Waals surface area contributed by atoms with Gasteiger partial charge in [-0.2, -0.15) is 0 Å². The Hall–Kier alpha value is -1.35. The minimum absolute atomic E-state index is 0.00126. The van der Waals surface area contributed by atoms with Crippen LogP contribution in [0.5, 0.6) is 0 Å². The second-order valence-electron chi connectivity index (χ2n) is 3.92. The van der Waals surface area contributed by atoms with Crippen LogP contribution in [-0.4, -0.2) is 24.5 Å². The van der Waals surface area contributed by atoms with Crippen LogP contribution in [0, 0.1) is 6.92 Å². The molecule has 0 radical (unpaired) electrons. The van der Waals surface area contributed by atoms with Gasteiger partial charge in [-0.1, -0.05) is 34.5 Å². The molecule has 0 amide bonds. The maximum absolute atomic E-state index is 12.2. The first-order chi connectivity index (χ1) is 9.70. The molecule has 112 valence electrons. The minimum Gasteiger partial charge on any atom is -0.477 e. The van der Waals surface area contributed by atoms with Crippen LogP contribution in [0.2, 0.25) is 10.0 Å². The van der Waals surface area contributed by atoms with Crippen LogP contribution in [0.15, 0.2) is 23.1 Å². The van der Waals surface area contributed by atoms with Crippen molar-refractivity contribution in [3.8, 4) is 0 Å². The third-order valence-corrected chi connectivity index (χ3v) is 5.64. The van der Waals surface area contributed by atoms with E-state index in [1.165, 1.54) is 25.1 Å². The minimum atomic E-state index is -4.01. The van der Waals surface area contributed by atoms with Crippen molar-refractivity contribution in [2.75, 3.05) is 4.72 Å². The van der Waals surface area contributed by atoms with Gasteiger partial charge in [-0.15, -0.1) is 0 Å². The smallest absolute Gasteiger partial charge is 0.347 e. The number of nitrogens with one attached hydrogen (secondary N) is 1. The van der Waals surface area contributed by atoms with E-state index in [-0.39, 0.29) is 30.6 Å². The molecule has 1 heterocycles. The van der Waals surface area contributed by atoms with Gasteiger partial charge in [0.15, 0.2) is 5.13 Å². The molecule has 0 bridgehead atoms. The molecule has 0 atom stereocenters. The number of nitrogens with zero attached hydrogens (tertiary/aromatic N) is 1. The summed E-state index contributed by atoms with van der Waals surface area (Å²) in [6, 6.07) is 4.01. The fourth-order valence-corrected chi connectivity index (χ4v) is 4.30. The van der Waals surface area contributed by atoms with Crippen molar-refractivity contribution in [3.05, 3.63) is 38.8 Å². The number of rotatable bonds is 4. The first-order valence-electron chi connectivity index (χ1n) is 5.39. The highest BCUT2D eigenvalue weighted by Gasteiger charge is 2.22. The lowest BCUT2D eigenvalue weighted by atomic mass is 10.4. The molecule has 1 aromatic carbocycles. The summed E-state index contributed by atoms with van der Waals surface area (Å²) < 4.78 is 26.7. The van der Waals surface area contributed by atoms with Gasteiger partial charge in [0.2, 0.25) is 0 Å². The molecule has 6 nitrogen and oxygen atoms in total. The fraction of sp³-hybridized carbons (Fsp3) is 0.0909. The second kappa shape index (κ2) is 5.80. The number of carbonyl (C=O) groups is 1. The monoisotopic (exact) mass is 366 g/mol. The number of carboxylic acids is 1. The molecule has 21 heavy (non-hydrogen) atoms. The molecule has 0 spiro atoms. The molecule has 0 aliphatic heterocycles. The van der Waals surface area contributed by atoms with E-state index in [0.29, 0.717) is 0 Å². The zero-order valence-electron chi connectivity index (χ0n) is 10.4. The van der Waals surface area contributed by atoms with Crippen LogP contribution in [0.1, 0.15) is 15.4 Å². The Morgan fingerprint density at radius 2 is 2.05 bits per heavy atom. The van der Waals surface area contributed by atoms with Crippen molar-refractivity contribution in [1.29, 1.82) is 0 Å². The van der Waals surface area contributed by atoms with Crippen molar-refractivity contribution >= 4 is 55.7 Å². The topological polar surface area (TPSA) is 96.4 Å². The van der Waals surface area contributed by atoms with Gasteiger partial charge >= 0.3 is 5.97 Å². The number of aromatic carboxylic acids is 1. The van der Waals surface area contributed by atoms with E-state index in [9.17, 15) is 13.2 Å². The Bertz CT molecular complexity index is 818. The predicted octanol–water partition coefficient (Wildman–Crippen LogP) is 3.26. The highest BCUT2D eigenvalue weighted by molar-refractivity contribution is 7.93. The maximum atomic E-state index is 12.2. The number of anilines is 1. The molecular formula is C11H8Cl2N2O4S2. The molecule has 0 aliphatic rings. The van der Waals surface area contributed by atoms with Gasteiger partial charge in [0, 0.05) is 5.02 Å². The Kier molecular flexibility index (Phi) is 4.43. The van der Waals surface area contributed by atoms with Crippen molar-refractivity contribution in [2.45, 2.75) is 11.8 Å². The highest BCUT2D eigenvalue weighted by atomic mass is 35.5. The SMILES string of the molecule is Cc1nc(NS(=O)(=O)c2cc(Cl)ccc2Cl)sc1C(=O)O. The van der Waals surface area contributed by atoms with Crippen molar-refractivity contribution < 1.29 is 18.3 Å². The van der Waals surface area contributed by atoms with E-state index >= 15 is 0 Å². The average molecular weight is 367 g/mol. The van der Waals surface area contributed by atoms with Crippen LogP contribution >= 0.6 is 34.5 Å². The molecule has 10 heteroatoms. The van der Waals surface area contributed by atoms with Gasteiger partial charge in [-0.05, 0) is 25.1 Å². The van der Waals surface area contributed by atoms with Crippen LogP contribution in [0.25, 0.3) is 0 Å². The quantitative estimate of drug-likeness (QED) is 0.865. The standard InChI is InChI=1S/C11H8Cl2N2O4S2/c1-5-9(10(16)17)20-11(14-5)15-21(18,19)8-4-6(12)2-3-7(8)13/h2-4H,1H3,(H,14,15)(H,16,17). The first-order valence-corrected chi connectivity index (χ1v) is 8.45. The summed E-state index contributed by atoms with van der Waals surface area (Å²) in [6.07, 6.45) is 0. The molecule has 0 saturated heterocycles. The summed E-state index contributed by atoms with van der Waals surface area (Å²) in [6.45, 7) is 1.48. The summed E-state index contributed by atoms with van der Waals surface area (Å²) in [5, 5.41) is 9.08. The number of hydrogen-bond donors (Lipinski definition) is 2. The van der Waals surface area contributed by atoms with E-state index in [1.807, 2.05) is 0 Å². The first kappa shape index (κ1) is 16.0. The molecular weight excluding hydrogens is 359 g/mol. The highest BCUT2D eigenvalue weighted by Crippen LogP contribution is 2.29. The lowest BCUT2D eigenvalue weighted by molar-refractivity contribution is 0.0701. The summed E-state index contributed by atoms with van der Waals surface area (Å²) in [4.78, 5) is 14.5. The third kappa shape index (κ3) is 3.46. The van der Waals surface area contributed by atoms with Gasteiger partial charge in [0.1, 0.15) is 9.77 Å². The van der Waals surface area contributed by atoms with E-state index in [4.69, 9.17) is 28.3 Å². The van der Waals surface area contributed by atoms with Crippen LogP contribution < -0.4 is 4.72 Å². The molecule has 2 N–H and O–H groups in total. The van der Waals surface area contributed by atoms with Gasteiger partial charge in [0.05, 0.1) is 10.7 Å². The molecule has 0 unspecified atom stereocenters. The van der Waals surface area contributed by atoms with Crippen LogP contribution in [0.3, 0.4) is 0 Å². The number of halogens is 2. The second-order valence-corrected chi connectivity index (χ2v) is 7.41. The van der Waals surface area contributed by atoms with E-state index in [0.717, 1.165) is 11.3 Å². The van der Waals surface area contributed by atoms with E-state index in [1.54, 1.807) is 0 Å². The van der Waals surface area contributed by atoms with Gasteiger partial charge in [-0.25, -0.2) is 18.2 Å². The number of aryl methyl sites for hydroxylation is 1. The predicted molar refractivity (Wildman–Crippen MR) is 81.1 cm³/mol. The Labute approximate surface area is 134 Å². The van der Waals surface area contributed by atoms with Crippen LogP contribution in [0.4, 0.5) is 5.13 Å². The van der Waals surface area contributed by atoms with E-state index < -0.39 is 16.0 Å². The Balaban J connectivity index is 2.40. The molecule has 0 saturated carbocycles. The summed E-state index contributed by atoms with van der Waals surface area (Å²) in [5.74, 6) is -1.17. The number of carboxylic acid groups (broad SMARTS) is 1. The maximum Gasteiger partial charge on any atom is 0.347 e. The van der Waals surface area contributed by atoms with Gasteiger partial charge in [-0.3, -0.25) is 4.72 Å². The zero-order valence-corrected chi connectivity index (χ0v) is 13.6. The number of benzene rings is 1. The number of hydrogen-bond acceptors (Lipinski definition) is 5. The van der Waals surface area contributed by atoms with Gasteiger partial charge < -0.3 is 5.11 Å². The normalized spacial score (nSPS) is 11.4. The van der Waals surface area contributed by atoms with Crippen molar-refractivity contribution in [3.63, 3.8) is 0 Å². The lowest BCUT2D eigenvalue weighted by Crippen LogP contribution is -2.13. The largest absolute Gasteiger partial charge is 0.477 e. The fourth-order valence-electron chi connectivity index (χ4n) is 1.49. The molecule has 1 aromatic heterocycles. The Morgan fingerprint density at radius 1 is 1.38 bits per heavy atom. The average Bonchev–Trinajstić information content (AvgIpc) is 2.72. The third-order valence-electron chi connectivity index (χ3n) is 2.40. The Morgan fingerprint density at radius 3 is 2.62 bits per heavy atom.